The number of nitrogens with zero attached hydrogens (tertiary/aromatic N) is 1. The van der Waals surface area contributed by atoms with Crippen molar-refractivity contribution in [2.75, 3.05) is 0 Å². The molecule has 2 aromatic carbocycles. The van der Waals surface area contributed by atoms with Gasteiger partial charge >= 0.3 is 0 Å². The van der Waals surface area contributed by atoms with Crippen LogP contribution in [-0.2, 0) is 0 Å². The lowest BCUT2D eigenvalue weighted by molar-refractivity contribution is 0.110. The number of rotatable bonds is 3. The van der Waals surface area contributed by atoms with Crippen molar-refractivity contribution in [1.82, 2.24) is 9.97 Å². The van der Waals surface area contributed by atoms with Crippen LogP contribution in [0.15, 0.2) is 65.1 Å². The first-order chi connectivity index (χ1) is 10.8. The van der Waals surface area contributed by atoms with E-state index in [-0.39, 0.29) is 0 Å². The summed E-state index contributed by atoms with van der Waals surface area (Å²) in [6.07, 6.45) is 0.698. The van der Waals surface area contributed by atoms with Crippen molar-refractivity contribution in [3.05, 3.63) is 66.4 Å². The fraction of sp³-hybridized carbons (Fsp3) is 0. The maximum atomic E-state index is 10.8. The number of para-hydroxylation sites is 1. The Morgan fingerprint density at radius 1 is 0.955 bits per heavy atom. The van der Waals surface area contributed by atoms with E-state index in [0.29, 0.717) is 17.8 Å². The maximum Gasteiger partial charge on any atom is 0.185 e. The number of aldehydes is 1. The maximum absolute atomic E-state index is 10.8. The zero-order valence-electron chi connectivity index (χ0n) is 11.6. The van der Waals surface area contributed by atoms with Gasteiger partial charge in [0.2, 0.25) is 0 Å². The van der Waals surface area contributed by atoms with E-state index < -0.39 is 0 Å². The number of nitrogens with one attached hydrogen (secondary N) is 1. The number of carbonyl (C=O) groups excluding carboxylic acids is 1. The second-order valence-electron chi connectivity index (χ2n) is 4.97. The lowest BCUT2D eigenvalue weighted by Crippen LogP contribution is -1.79. The standard InChI is InChI=1S/C18H12N2O2/c21-11-13-9-10-16(22-13)14-7-4-8-15-17(14)20-18(19-15)12-5-2-1-3-6-12/h1-11H,(H,19,20). The summed E-state index contributed by atoms with van der Waals surface area (Å²) < 4.78 is 5.52. The molecule has 22 heavy (non-hydrogen) atoms. The van der Waals surface area contributed by atoms with Crippen molar-refractivity contribution in [3.8, 4) is 22.7 Å². The Bertz CT molecular complexity index is 952. The van der Waals surface area contributed by atoms with E-state index in [4.69, 9.17) is 9.40 Å². The Balaban J connectivity index is 1.90. The predicted molar refractivity (Wildman–Crippen MR) is 84.6 cm³/mol. The first-order valence-electron chi connectivity index (χ1n) is 6.95. The third-order valence-corrected chi connectivity index (χ3v) is 3.57. The third-order valence-electron chi connectivity index (χ3n) is 3.57. The molecule has 0 aliphatic rings. The largest absolute Gasteiger partial charge is 0.453 e. The van der Waals surface area contributed by atoms with Gasteiger partial charge in [0.05, 0.1) is 11.0 Å². The van der Waals surface area contributed by atoms with Gasteiger partial charge in [0.15, 0.2) is 12.0 Å². The highest BCUT2D eigenvalue weighted by atomic mass is 16.3. The van der Waals surface area contributed by atoms with Crippen LogP contribution in [0.2, 0.25) is 0 Å². The summed E-state index contributed by atoms with van der Waals surface area (Å²) >= 11 is 0. The summed E-state index contributed by atoms with van der Waals surface area (Å²) in [5, 5.41) is 0. The van der Waals surface area contributed by atoms with E-state index in [2.05, 4.69) is 4.98 Å². The number of aromatic nitrogens is 2. The molecule has 0 fully saturated rings. The summed E-state index contributed by atoms with van der Waals surface area (Å²) in [7, 11) is 0. The van der Waals surface area contributed by atoms with Crippen LogP contribution in [0.4, 0.5) is 0 Å². The van der Waals surface area contributed by atoms with Gasteiger partial charge in [-0.05, 0) is 24.3 Å². The van der Waals surface area contributed by atoms with E-state index in [1.807, 2.05) is 48.5 Å². The molecular weight excluding hydrogens is 276 g/mol. The minimum Gasteiger partial charge on any atom is -0.453 e. The van der Waals surface area contributed by atoms with Gasteiger partial charge in [-0.2, -0.15) is 0 Å². The predicted octanol–water partition coefficient (Wildman–Crippen LogP) is 4.30. The summed E-state index contributed by atoms with van der Waals surface area (Å²) in [5.41, 5.74) is 3.65. The molecule has 2 aromatic heterocycles. The minimum atomic E-state index is 0.311. The Morgan fingerprint density at radius 3 is 2.59 bits per heavy atom. The molecule has 0 saturated carbocycles. The van der Waals surface area contributed by atoms with Crippen LogP contribution in [0, 0.1) is 0 Å². The van der Waals surface area contributed by atoms with Gasteiger partial charge in [-0.15, -0.1) is 0 Å². The van der Waals surface area contributed by atoms with Crippen molar-refractivity contribution in [2.24, 2.45) is 0 Å². The molecule has 0 bridgehead atoms. The Hall–Kier alpha value is -3.14. The van der Waals surface area contributed by atoms with Crippen LogP contribution in [0.25, 0.3) is 33.7 Å². The molecule has 4 rings (SSSR count). The minimum absolute atomic E-state index is 0.311. The molecule has 0 amide bonds. The van der Waals surface area contributed by atoms with Crippen molar-refractivity contribution >= 4 is 17.3 Å². The van der Waals surface area contributed by atoms with Gasteiger partial charge in [-0.25, -0.2) is 4.98 Å². The van der Waals surface area contributed by atoms with E-state index >= 15 is 0 Å². The molecule has 0 aliphatic heterocycles. The molecule has 0 saturated heterocycles. The molecule has 0 unspecified atom stereocenters. The topological polar surface area (TPSA) is 58.9 Å². The van der Waals surface area contributed by atoms with Gasteiger partial charge in [0.25, 0.3) is 0 Å². The smallest absolute Gasteiger partial charge is 0.185 e. The van der Waals surface area contributed by atoms with Crippen LogP contribution >= 0.6 is 0 Å². The van der Waals surface area contributed by atoms with Gasteiger partial charge in [-0.1, -0.05) is 36.4 Å². The fourth-order valence-corrected chi connectivity index (χ4v) is 2.52. The SMILES string of the molecule is O=Cc1ccc(-c2cccc3[nH]c(-c4ccccc4)nc23)o1. The van der Waals surface area contributed by atoms with Crippen molar-refractivity contribution < 1.29 is 9.21 Å². The van der Waals surface area contributed by atoms with Gasteiger partial charge in [-0.3, -0.25) is 4.79 Å². The summed E-state index contributed by atoms with van der Waals surface area (Å²) in [4.78, 5) is 18.8. The second-order valence-corrected chi connectivity index (χ2v) is 4.97. The first kappa shape index (κ1) is 12.6. The average molecular weight is 288 g/mol. The van der Waals surface area contributed by atoms with Crippen LogP contribution in [0.3, 0.4) is 0 Å². The molecule has 0 atom stereocenters. The van der Waals surface area contributed by atoms with Gasteiger partial charge in [0, 0.05) is 11.1 Å². The van der Waals surface area contributed by atoms with Gasteiger partial charge < -0.3 is 9.40 Å². The summed E-state index contributed by atoms with van der Waals surface area (Å²) in [6.45, 7) is 0. The summed E-state index contributed by atoms with van der Waals surface area (Å²) in [6, 6.07) is 19.2. The molecule has 0 radical (unpaired) electrons. The number of aromatic amines is 1. The van der Waals surface area contributed by atoms with Crippen LogP contribution in [0.1, 0.15) is 10.6 Å². The lowest BCUT2D eigenvalue weighted by atomic mass is 10.1. The van der Waals surface area contributed by atoms with E-state index in [0.717, 1.165) is 28.0 Å². The summed E-state index contributed by atoms with van der Waals surface area (Å²) in [5.74, 6) is 1.76. The number of fused-ring (bicyclic) bond motifs is 1. The number of hydrogen-bond acceptors (Lipinski definition) is 3. The second kappa shape index (κ2) is 5.00. The molecule has 2 heterocycles. The number of benzene rings is 2. The number of carbonyl (C=O) groups is 1. The van der Waals surface area contributed by atoms with Crippen LogP contribution < -0.4 is 0 Å². The Morgan fingerprint density at radius 2 is 1.82 bits per heavy atom. The lowest BCUT2D eigenvalue weighted by Gasteiger charge is -1.97. The molecular formula is C18H12N2O2. The van der Waals surface area contributed by atoms with Crippen molar-refractivity contribution in [1.29, 1.82) is 0 Å². The van der Waals surface area contributed by atoms with Crippen molar-refractivity contribution in [3.63, 3.8) is 0 Å². The Kier molecular flexibility index (Phi) is 2.86. The molecule has 4 aromatic rings. The quantitative estimate of drug-likeness (QED) is 0.572. The first-order valence-corrected chi connectivity index (χ1v) is 6.95. The van der Waals surface area contributed by atoms with E-state index in [1.165, 1.54) is 0 Å². The monoisotopic (exact) mass is 288 g/mol. The molecule has 0 aliphatic carbocycles. The van der Waals surface area contributed by atoms with Crippen LogP contribution in [0.5, 0.6) is 0 Å². The molecule has 4 nitrogen and oxygen atoms in total. The third kappa shape index (κ3) is 2.02. The zero-order chi connectivity index (χ0) is 14.9. The molecule has 0 spiro atoms. The fourth-order valence-electron chi connectivity index (χ4n) is 2.52. The van der Waals surface area contributed by atoms with Crippen LogP contribution in [-0.4, -0.2) is 16.3 Å². The highest BCUT2D eigenvalue weighted by molar-refractivity contribution is 5.92. The normalized spacial score (nSPS) is 10.9. The molecule has 1 N–H and O–H groups in total. The van der Waals surface area contributed by atoms with E-state index in [9.17, 15) is 4.79 Å². The highest BCUT2D eigenvalue weighted by Crippen LogP contribution is 2.30. The van der Waals surface area contributed by atoms with E-state index in [1.54, 1.807) is 12.1 Å². The highest BCUT2D eigenvalue weighted by Gasteiger charge is 2.12. The van der Waals surface area contributed by atoms with Gasteiger partial charge in [0.1, 0.15) is 11.6 Å². The average Bonchev–Trinajstić information content (AvgIpc) is 3.22. The number of hydrogen-bond donors (Lipinski definition) is 1. The number of furan rings is 1. The molecule has 106 valence electrons. The van der Waals surface area contributed by atoms with Crippen molar-refractivity contribution in [2.45, 2.75) is 0 Å². The molecule has 4 heteroatoms. The zero-order valence-corrected chi connectivity index (χ0v) is 11.6. The Labute approximate surface area is 126 Å². The number of imidazole rings is 1. The number of H-pyrrole nitrogens is 1.